The first-order valence-corrected chi connectivity index (χ1v) is 11.1. The summed E-state index contributed by atoms with van der Waals surface area (Å²) in [6.07, 6.45) is 5.31. The Balaban J connectivity index is 1.71. The highest BCUT2D eigenvalue weighted by Crippen LogP contribution is 2.11. The maximum Gasteiger partial charge on any atom is 0.0967 e. The van der Waals surface area contributed by atoms with Crippen molar-refractivity contribution in [1.29, 1.82) is 0 Å². The molecular weight excluding hydrogens is 440 g/mol. The lowest BCUT2D eigenvalue weighted by molar-refractivity contribution is 0.301. The molecule has 0 saturated heterocycles. The lowest BCUT2D eigenvalue weighted by Gasteiger charge is -2.23. The van der Waals surface area contributed by atoms with Gasteiger partial charge in [0.05, 0.1) is 30.7 Å². The van der Waals surface area contributed by atoms with Crippen LogP contribution in [0.25, 0.3) is 0 Å². The summed E-state index contributed by atoms with van der Waals surface area (Å²) in [5.74, 6) is 5.45. The van der Waals surface area contributed by atoms with Crippen molar-refractivity contribution in [2.45, 2.75) is 19.6 Å². The van der Waals surface area contributed by atoms with E-state index in [0.717, 1.165) is 16.8 Å². The van der Waals surface area contributed by atoms with Gasteiger partial charge in [-0.3, -0.25) is 20.7 Å². The van der Waals surface area contributed by atoms with E-state index >= 15 is 0 Å². The molecule has 0 amide bonds. The summed E-state index contributed by atoms with van der Waals surface area (Å²) in [5, 5.41) is 14.4. The number of hydrazine groups is 1. The highest BCUT2D eigenvalue weighted by molar-refractivity contribution is 5.29. The molecule has 0 fully saturated rings. The lowest BCUT2D eigenvalue weighted by atomic mass is 10.2. The Hall–Kier alpha value is -4.28. The van der Waals surface area contributed by atoms with Crippen molar-refractivity contribution in [3.63, 3.8) is 0 Å². The molecule has 0 unspecified atom stereocenters. The van der Waals surface area contributed by atoms with Gasteiger partial charge in [0.2, 0.25) is 0 Å². The van der Waals surface area contributed by atoms with Crippen molar-refractivity contribution in [2.75, 3.05) is 13.1 Å². The fourth-order valence-corrected chi connectivity index (χ4v) is 3.52. The summed E-state index contributed by atoms with van der Waals surface area (Å²) >= 11 is 0. The Morgan fingerprint density at radius 1 is 1.00 bits per heavy atom. The second-order valence-electron chi connectivity index (χ2n) is 7.93. The zero-order chi connectivity index (χ0) is 24.9. The van der Waals surface area contributed by atoms with Gasteiger partial charge < -0.3 is 11.2 Å². The molecule has 182 valence electrons. The van der Waals surface area contributed by atoms with Gasteiger partial charge in [0.15, 0.2) is 0 Å². The fourth-order valence-electron chi connectivity index (χ4n) is 3.52. The standard InChI is InChI=1S/C25H32N10/c1-28-24(13-30-27)18-33(16-23(26)17-34(29-2)14-21-9-5-3-6-10-21)19-25-20-35(32-31-25)15-22-11-7-4-8-12-22/h3-13,17,20,30H,1-2,14-16,18-19,26-27H2/b23-17-,24-13-. The number of aliphatic imine (C=N–C) groups is 1. The van der Waals surface area contributed by atoms with Crippen LogP contribution in [0.4, 0.5) is 0 Å². The lowest BCUT2D eigenvalue weighted by Crippen LogP contribution is -2.31. The normalized spacial score (nSPS) is 11.9. The number of hydrazone groups is 1. The second kappa shape index (κ2) is 13.4. The molecule has 0 bridgehead atoms. The molecule has 2 aromatic carbocycles. The van der Waals surface area contributed by atoms with Crippen LogP contribution in [0.2, 0.25) is 0 Å². The minimum atomic E-state index is 0.434. The maximum atomic E-state index is 6.40. The quantitative estimate of drug-likeness (QED) is 0.186. The molecule has 0 saturated carbocycles. The van der Waals surface area contributed by atoms with Crippen LogP contribution >= 0.6 is 0 Å². The van der Waals surface area contributed by atoms with Crippen molar-refractivity contribution in [2.24, 2.45) is 21.7 Å². The molecular formula is C25H32N10. The van der Waals surface area contributed by atoms with Gasteiger partial charge in [-0.1, -0.05) is 65.9 Å². The van der Waals surface area contributed by atoms with E-state index in [1.165, 1.54) is 0 Å². The van der Waals surface area contributed by atoms with Gasteiger partial charge in [0.1, 0.15) is 0 Å². The topological polar surface area (TPSA) is 126 Å². The van der Waals surface area contributed by atoms with Gasteiger partial charge >= 0.3 is 0 Å². The molecule has 3 aromatic rings. The van der Waals surface area contributed by atoms with E-state index < -0.39 is 0 Å². The van der Waals surface area contributed by atoms with Crippen molar-refractivity contribution in [1.82, 2.24) is 30.3 Å². The average Bonchev–Trinajstić information content (AvgIpc) is 3.30. The Morgan fingerprint density at radius 2 is 1.69 bits per heavy atom. The van der Waals surface area contributed by atoms with Crippen LogP contribution in [0.3, 0.4) is 0 Å². The van der Waals surface area contributed by atoms with E-state index in [9.17, 15) is 0 Å². The number of rotatable bonds is 14. The van der Waals surface area contributed by atoms with E-state index in [0.29, 0.717) is 44.1 Å². The predicted molar refractivity (Wildman–Crippen MR) is 140 cm³/mol. The molecule has 3 rings (SSSR count). The number of nitrogens with two attached hydrogens (primary N) is 2. The van der Waals surface area contributed by atoms with E-state index in [2.05, 4.69) is 56.3 Å². The van der Waals surface area contributed by atoms with E-state index in [1.54, 1.807) is 17.4 Å². The third-order valence-corrected chi connectivity index (χ3v) is 5.09. The smallest absolute Gasteiger partial charge is 0.0967 e. The second-order valence-corrected chi connectivity index (χ2v) is 7.93. The number of hydrogen-bond acceptors (Lipinski definition) is 9. The first kappa shape index (κ1) is 25.3. The SMILES string of the molecule is C=N/C(=C\NN)CN(C/C(N)=C/N(Cc1ccccc1)N=C)Cc1cn(Cc2ccccc2)nn1. The molecule has 1 heterocycles. The van der Waals surface area contributed by atoms with Crippen LogP contribution in [-0.4, -0.2) is 51.4 Å². The van der Waals surface area contributed by atoms with Crippen LogP contribution in [0.5, 0.6) is 0 Å². The van der Waals surface area contributed by atoms with Gasteiger partial charge in [0, 0.05) is 44.4 Å². The summed E-state index contributed by atoms with van der Waals surface area (Å²) in [7, 11) is 0. The monoisotopic (exact) mass is 472 g/mol. The Labute approximate surface area is 205 Å². The largest absolute Gasteiger partial charge is 0.400 e. The molecule has 0 spiro atoms. The number of nitrogens with one attached hydrogen (secondary N) is 1. The number of nitrogens with zero attached hydrogens (tertiary/aromatic N) is 7. The van der Waals surface area contributed by atoms with E-state index in [-0.39, 0.29) is 0 Å². The molecule has 0 atom stereocenters. The molecule has 0 aliphatic heterocycles. The van der Waals surface area contributed by atoms with Crippen molar-refractivity contribution in [3.8, 4) is 0 Å². The number of benzene rings is 2. The predicted octanol–water partition coefficient (Wildman–Crippen LogP) is 2.05. The summed E-state index contributed by atoms with van der Waals surface area (Å²) in [5.41, 5.74) is 13.2. The highest BCUT2D eigenvalue weighted by Gasteiger charge is 2.13. The Bertz CT molecular complexity index is 1120. The van der Waals surface area contributed by atoms with Gasteiger partial charge in [-0.15, -0.1) is 5.10 Å². The van der Waals surface area contributed by atoms with Crippen molar-refractivity contribution in [3.05, 3.63) is 107 Å². The Kier molecular flexibility index (Phi) is 9.73. The molecule has 0 aliphatic rings. The minimum absolute atomic E-state index is 0.434. The number of aromatic nitrogens is 3. The van der Waals surface area contributed by atoms with Crippen LogP contribution in [0.15, 0.2) is 101 Å². The third-order valence-electron chi connectivity index (χ3n) is 5.09. The van der Waals surface area contributed by atoms with Gasteiger partial charge in [-0.05, 0) is 17.8 Å². The number of hydrogen-bond donors (Lipinski definition) is 3. The molecule has 0 aliphatic carbocycles. The van der Waals surface area contributed by atoms with Gasteiger partial charge in [-0.2, -0.15) is 5.10 Å². The highest BCUT2D eigenvalue weighted by atomic mass is 15.4. The summed E-state index contributed by atoms with van der Waals surface area (Å²) in [6, 6.07) is 20.1. The molecule has 10 nitrogen and oxygen atoms in total. The fraction of sp³-hybridized carbons (Fsp3) is 0.200. The summed E-state index contributed by atoms with van der Waals surface area (Å²) in [4.78, 5) is 6.12. The van der Waals surface area contributed by atoms with E-state index in [4.69, 9.17) is 11.6 Å². The zero-order valence-corrected chi connectivity index (χ0v) is 19.7. The molecule has 5 N–H and O–H groups in total. The zero-order valence-electron chi connectivity index (χ0n) is 19.7. The molecule has 35 heavy (non-hydrogen) atoms. The van der Waals surface area contributed by atoms with Crippen LogP contribution < -0.4 is 17.0 Å². The summed E-state index contributed by atoms with van der Waals surface area (Å²) < 4.78 is 1.81. The third kappa shape index (κ3) is 8.54. The first-order chi connectivity index (χ1) is 17.1. The molecule has 0 radical (unpaired) electrons. The van der Waals surface area contributed by atoms with Crippen LogP contribution in [0, 0.1) is 0 Å². The molecule has 10 heteroatoms. The van der Waals surface area contributed by atoms with Gasteiger partial charge in [0.25, 0.3) is 0 Å². The van der Waals surface area contributed by atoms with Crippen molar-refractivity contribution < 1.29 is 0 Å². The average molecular weight is 473 g/mol. The minimum Gasteiger partial charge on any atom is -0.400 e. The Morgan fingerprint density at radius 3 is 2.31 bits per heavy atom. The van der Waals surface area contributed by atoms with Crippen LogP contribution in [-0.2, 0) is 19.6 Å². The first-order valence-electron chi connectivity index (χ1n) is 11.1. The van der Waals surface area contributed by atoms with Crippen LogP contribution in [0.1, 0.15) is 16.8 Å². The van der Waals surface area contributed by atoms with Gasteiger partial charge in [-0.25, -0.2) is 4.68 Å². The van der Waals surface area contributed by atoms with E-state index in [1.807, 2.05) is 59.4 Å². The maximum absolute atomic E-state index is 6.40. The van der Waals surface area contributed by atoms with Crippen molar-refractivity contribution >= 4 is 13.4 Å². The summed E-state index contributed by atoms with van der Waals surface area (Å²) in [6.45, 7) is 9.89. The molecule has 1 aromatic heterocycles.